The van der Waals surface area contributed by atoms with Crippen LogP contribution in [0.3, 0.4) is 0 Å². The van der Waals surface area contributed by atoms with E-state index in [4.69, 9.17) is 4.98 Å². The van der Waals surface area contributed by atoms with E-state index < -0.39 is 0 Å². The van der Waals surface area contributed by atoms with Crippen molar-refractivity contribution >= 4 is 27.4 Å². The van der Waals surface area contributed by atoms with Crippen molar-refractivity contribution in [2.45, 2.75) is 0 Å². The highest BCUT2D eigenvalue weighted by molar-refractivity contribution is 5.95. The SMILES string of the molecule is CN1CCN(c2cc(-c3ccc4ccccc4c3)nc3ccccc23)CC1.O. The highest BCUT2D eigenvalue weighted by Crippen LogP contribution is 2.32. The topological polar surface area (TPSA) is 50.9 Å². The first-order valence-electron chi connectivity index (χ1n) is 9.60. The van der Waals surface area contributed by atoms with Crippen LogP contribution >= 0.6 is 0 Å². The molecule has 1 aliphatic rings. The van der Waals surface area contributed by atoms with Crippen LogP contribution < -0.4 is 4.90 Å². The molecule has 3 aromatic carbocycles. The average molecular weight is 371 g/mol. The van der Waals surface area contributed by atoms with Crippen molar-refractivity contribution in [3.05, 3.63) is 72.8 Å². The van der Waals surface area contributed by atoms with Gasteiger partial charge in [-0.15, -0.1) is 0 Å². The lowest BCUT2D eigenvalue weighted by Gasteiger charge is -2.34. The van der Waals surface area contributed by atoms with Gasteiger partial charge in [-0.1, -0.05) is 54.6 Å². The van der Waals surface area contributed by atoms with Crippen LogP contribution in [0.1, 0.15) is 0 Å². The first kappa shape index (κ1) is 18.4. The summed E-state index contributed by atoms with van der Waals surface area (Å²) < 4.78 is 0. The number of para-hydroxylation sites is 1. The van der Waals surface area contributed by atoms with Crippen molar-refractivity contribution in [1.29, 1.82) is 0 Å². The molecule has 4 heteroatoms. The second-order valence-electron chi connectivity index (χ2n) is 7.40. The van der Waals surface area contributed by atoms with Crippen LogP contribution in [0.2, 0.25) is 0 Å². The number of likely N-dealkylation sites (N-methyl/N-ethyl adjacent to an activating group) is 1. The summed E-state index contributed by atoms with van der Waals surface area (Å²) in [5.41, 5.74) is 4.59. The van der Waals surface area contributed by atoms with Crippen molar-refractivity contribution in [1.82, 2.24) is 9.88 Å². The molecule has 2 N–H and O–H groups in total. The Hall–Kier alpha value is -2.95. The van der Waals surface area contributed by atoms with Crippen LogP contribution in [0.4, 0.5) is 5.69 Å². The van der Waals surface area contributed by atoms with E-state index in [1.807, 2.05) is 0 Å². The lowest BCUT2D eigenvalue weighted by Crippen LogP contribution is -2.44. The Morgan fingerprint density at radius 3 is 2.29 bits per heavy atom. The molecule has 1 saturated heterocycles. The number of nitrogens with zero attached hydrogens (tertiary/aromatic N) is 3. The third-order valence-corrected chi connectivity index (χ3v) is 5.58. The molecule has 1 aromatic heterocycles. The summed E-state index contributed by atoms with van der Waals surface area (Å²) >= 11 is 0. The third-order valence-electron chi connectivity index (χ3n) is 5.58. The maximum Gasteiger partial charge on any atom is 0.0730 e. The van der Waals surface area contributed by atoms with Crippen molar-refractivity contribution in [3.8, 4) is 11.3 Å². The molecule has 1 aliphatic heterocycles. The quantitative estimate of drug-likeness (QED) is 0.535. The number of hydrogen-bond acceptors (Lipinski definition) is 3. The Labute approximate surface area is 165 Å². The zero-order valence-corrected chi connectivity index (χ0v) is 16.1. The fraction of sp³-hybridized carbons (Fsp3) is 0.208. The van der Waals surface area contributed by atoms with Gasteiger partial charge in [0.15, 0.2) is 0 Å². The van der Waals surface area contributed by atoms with Crippen LogP contribution in [-0.2, 0) is 0 Å². The van der Waals surface area contributed by atoms with Gasteiger partial charge in [0, 0.05) is 42.8 Å². The Morgan fingerprint density at radius 1 is 0.750 bits per heavy atom. The van der Waals surface area contributed by atoms with Crippen molar-refractivity contribution < 1.29 is 5.48 Å². The number of piperazine rings is 1. The zero-order chi connectivity index (χ0) is 18.2. The van der Waals surface area contributed by atoms with E-state index in [2.05, 4.69) is 89.6 Å². The molecule has 28 heavy (non-hydrogen) atoms. The largest absolute Gasteiger partial charge is 0.412 e. The molecule has 0 aliphatic carbocycles. The third kappa shape index (κ3) is 3.33. The first-order valence-corrected chi connectivity index (χ1v) is 9.60. The predicted molar refractivity (Wildman–Crippen MR) is 118 cm³/mol. The zero-order valence-electron chi connectivity index (χ0n) is 16.1. The molecule has 0 amide bonds. The van der Waals surface area contributed by atoms with Gasteiger partial charge in [-0.2, -0.15) is 0 Å². The molecular formula is C24H25N3O. The molecule has 0 unspecified atom stereocenters. The molecule has 0 saturated carbocycles. The van der Waals surface area contributed by atoms with E-state index >= 15 is 0 Å². The minimum absolute atomic E-state index is 0. The van der Waals surface area contributed by atoms with E-state index in [1.165, 1.54) is 27.4 Å². The smallest absolute Gasteiger partial charge is 0.0730 e. The Kier molecular flexibility index (Phi) is 4.99. The van der Waals surface area contributed by atoms with Crippen LogP contribution in [0.15, 0.2) is 72.8 Å². The van der Waals surface area contributed by atoms with Gasteiger partial charge in [-0.3, -0.25) is 0 Å². The molecular weight excluding hydrogens is 346 g/mol. The molecule has 0 atom stereocenters. The summed E-state index contributed by atoms with van der Waals surface area (Å²) in [6.45, 7) is 4.31. The molecule has 1 fully saturated rings. The fourth-order valence-electron chi connectivity index (χ4n) is 3.96. The molecule has 0 bridgehead atoms. The van der Waals surface area contributed by atoms with Gasteiger partial charge in [-0.25, -0.2) is 4.98 Å². The maximum atomic E-state index is 4.99. The van der Waals surface area contributed by atoms with Crippen LogP contribution in [0.5, 0.6) is 0 Å². The van der Waals surface area contributed by atoms with Crippen LogP contribution in [0.25, 0.3) is 32.9 Å². The van der Waals surface area contributed by atoms with Crippen LogP contribution in [0, 0.1) is 0 Å². The van der Waals surface area contributed by atoms with Crippen LogP contribution in [-0.4, -0.2) is 48.6 Å². The second-order valence-corrected chi connectivity index (χ2v) is 7.40. The Morgan fingerprint density at radius 2 is 1.46 bits per heavy atom. The van der Waals surface area contributed by atoms with E-state index in [0.29, 0.717) is 0 Å². The summed E-state index contributed by atoms with van der Waals surface area (Å²) in [7, 11) is 2.20. The van der Waals surface area contributed by atoms with Gasteiger partial charge >= 0.3 is 0 Å². The van der Waals surface area contributed by atoms with Gasteiger partial charge in [-0.05, 0) is 36.0 Å². The van der Waals surface area contributed by atoms with Crippen molar-refractivity contribution in [2.24, 2.45) is 0 Å². The first-order chi connectivity index (χ1) is 13.3. The number of rotatable bonds is 2. The van der Waals surface area contributed by atoms with E-state index in [1.54, 1.807) is 0 Å². The van der Waals surface area contributed by atoms with Gasteiger partial charge in [0.25, 0.3) is 0 Å². The number of fused-ring (bicyclic) bond motifs is 2. The van der Waals surface area contributed by atoms with E-state index in [-0.39, 0.29) is 5.48 Å². The van der Waals surface area contributed by atoms with Gasteiger partial charge in [0.1, 0.15) is 0 Å². The minimum Gasteiger partial charge on any atom is -0.412 e. The fourth-order valence-corrected chi connectivity index (χ4v) is 3.96. The second kappa shape index (κ2) is 7.58. The molecule has 5 rings (SSSR count). The van der Waals surface area contributed by atoms with Gasteiger partial charge < -0.3 is 15.3 Å². The minimum atomic E-state index is 0. The highest BCUT2D eigenvalue weighted by atomic mass is 16.0. The predicted octanol–water partition coefficient (Wildman–Crippen LogP) is 3.98. The van der Waals surface area contributed by atoms with Crippen molar-refractivity contribution in [3.63, 3.8) is 0 Å². The summed E-state index contributed by atoms with van der Waals surface area (Å²) in [6, 6.07) is 25.9. The Balaban J connectivity index is 0.00000192. The lowest BCUT2D eigenvalue weighted by atomic mass is 10.0. The van der Waals surface area contributed by atoms with Crippen molar-refractivity contribution in [2.75, 3.05) is 38.1 Å². The summed E-state index contributed by atoms with van der Waals surface area (Å²) in [5.74, 6) is 0. The average Bonchev–Trinajstić information content (AvgIpc) is 2.73. The van der Waals surface area contributed by atoms with E-state index in [9.17, 15) is 0 Å². The monoisotopic (exact) mass is 371 g/mol. The normalized spacial score (nSPS) is 15.0. The summed E-state index contributed by atoms with van der Waals surface area (Å²) in [4.78, 5) is 9.89. The molecule has 0 spiro atoms. The molecule has 142 valence electrons. The van der Waals surface area contributed by atoms with E-state index in [0.717, 1.165) is 37.4 Å². The number of pyridine rings is 1. The Bertz CT molecular complexity index is 1120. The molecule has 4 aromatic rings. The highest BCUT2D eigenvalue weighted by Gasteiger charge is 2.18. The molecule has 4 nitrogen and oxygen atoms in total. The molecule has 0 radical (unpaired) electrons. The number of benzene rings is 3. The number of anilines is 1. The molecule has 2 heterocycles. The summed E-state index contributed by atoms with van der Waals surface area (Å²) in [5, 5.41) is 3.76. The maximum absolute atomic E-state index is 4.99. The van der Waals surface area contributed by atoms with Gasteiger partial charge in [0.2, 0.25) is 0 Å². The van der Waals surface area contributed by atoms with Gasteiger partial charge in [0.05, 0.1) is 11.2 Å². The number of aromatic nitrogens is 1. The standard InChI is InChI=1S/C24H23N3.H2O/c1-26-12-14-27(15-13-26)24-17-23(25-22-9-5-4-8-21(22)24)20-11-10-18-6-2-3-7-19(18)16-20;/h2-11,16-17H,12-15H2,1H3;1H2. The number of hydrogen-bond donors (Lipinski definition) is 0. The summed E-state index contributed by atoms with van der Waals surface area (Å²) in [6.07, 6.45) is 0. The lowest BCUT2D eigenvalue weighted by molar-refractivity contribution is 0.313.